The first-order chi connectivity index (χ1) is 15.0. The fourth-order valence-corrected chi connectivity index (χ4v) is 6.14. The molecule has 0 radical (unpaired) electrons. The van der Waals surface area contributed by atoms with Crippen LogP contribution in [0, 0.1) is 5.41 Å². The predicted molar refractivity (Wildman–Crippen MR) is 115 cm³/mol. The standard InChI is InChI=1S/C26H30F3NO2/c1-4-17-21-22(20-18(30-17)13-24(2,3)14-19(20)31)25(11-5-6-12-25)32-23(21)15-7-9-16(10-8-15)26(27,28)29/h7-10,19,23,31H,4-6,11-14H2,1-3H3/t19?,23-/m1/s1. The van der Waals surface area contributed by atoms with Gasteiger partial charge in [0.15, 0.2) is 0 Å². The van der Waals surface area contributed by atoms with Crippen LogP contribution in [0.15, 0.2) is 24.3 Å². The molecule has 32 heavy (non-hydrogen) atoms. The molecule has 0 saturated heterocycles. The maximum Gasteiger partial charge on any atom is 0.416 e. The zero-order valence-electron chi connectivity index (χ0n) is 18.9. The molecule has 1 saturated carbocycles. The van der Waals surface area contributed by atoms with Gasteiger partial charge in [-0.25, -0.2) is 0 Å². The minimum Gasteiger partial charge on any atom is -0.388 e. The van der Waals surface area contributed by atoms with Crippen molar-refractivity contribution in [1.82, 2.24) is 4.98 Å². The van der Waals surface area contributed by atoms with Gasteiger partial charge in [0.25, 0.3) is 0 Å². The Morgan fingerprint density at radius 3 is 2.34 bits per heavy atom. The molecule has 1 aromatic carbocycles. The van der Waals surface area contributed by atoms with Crippen LogP contribution in [0.1, 0.15) is 104 Å². The molecule has 6 heteroatoms. The summed E-state index contributed by atoms with van der Waals surface area (Å²) in [4.78, 5) is 5.02. The number of rotatable bonds is 2. The van der Waals surface area contributed by atoms with Crippen molar-refractivity contribution in [3.05, 3.63) is 63.5 Å². The molecule has 3 nitrogen and oxygen atoms in total. The average molecular weight is 446 g/mol. The summed E-state index contributed by atoms with van der Waals surface area (Å²) in [6, 6.07) is 5.33. The van der Waals surface area contributed by atoms with Gasteiger partial charge in [-0.15, -0.1) is 0 Å². The van der Waals surface area contributed by atoms with Gasteiger partial charge in [0.1, 0.15) is 6.10 Å². The van der Waals surface area contributed by atoms with Gasteiger partial charge in [-0.2, -0.15) is 13.2 Å². The van der Waals surface area contributed by atoms with E-state index in [-0.39, 0.29) is 5.41 Å². The summed E-state index contributed by atoms with van der Waals surface area (Å²) in [7, 11) is 0. The van der Waals surface area contributed by atoms with E-state index < -0.39 is 29.5 Å². The van der Waals surface area contributed by atoms with Crippen LogP contribution in [0.5, 0.6) is 0 Å². The lowest BCUT2D eigenvalue weighted by Gasteiger charge is -2.37. The molecule has 1 aromatic heterocycles. The molecule has 5 rings (SSSR count). The third-order valence-electron chi connectivity index (χ3n) is 7.50. The number of aliphatic hydroxyl groups is 1. The van der Waals surface area contributed by atoms with Crippen LogP contribution in [0.4, 0.5) is 13.2 Å². The van der Waals surface area contributed by atoms with E-state index in [1.54, 1.807) is 0 Å². The smallest absolute Gasteiger partial charge is 0.388 e. The molecular formula is C26H30F3NO2. The number of pyridine rings is 1. The monoisotopic (exact) mass is 445 g/mol. The van der Waals surface area contributed by atoms with Crippen molar-refractivity contribution in [3.8, 4) is 0 Å². The highest BCUT2D eigenvalue weighted by atomic mass is 19.4. The second kappa shape index (κ2) is 7.29. The Hall–Kier alpha value is -1.92. The Morgan fingerprint density at radius 1 is 1.09 bits per heavy atom. The van der Waals surface area contributed by atoms with E-state index in [0.29, 0.717) is 18.4 Å². The highest BCUT2D eigenvalue weighted by molar-refractivity contribution is 5.54. The Kier molecular flexibility index (Phi) is 4.99. The van der Waals surface area contributed by atoms with E-state index in [1.807, 2.05) is 0 Å². The van der Waals surface area contributed by atoms with Crippen molar-refractivity contribution >= 4 is 0 Å². The molecular weight excluding hydrogens is 415 g/mol. The van der Waals surface area contributed by atoms with Gasteiger partial charge in [0.05, 0.1) is 17.3 Å². The molecule has 1 aliphatic heterocycles. The summed E-state index contributed by atoms with van der Waals surface area (Å²) in [5, 5.41) is 11.2. The van der Waals surface area contributed by atoms with Gasteiger partial charge >= 0.3 is 6.18 Å². The van der Waals surface area contributed by atoms with Crippen LogP contribution < -0.4 is 0 Å². The van der Waals surface area contributed by atoms with Crippen molar-refractivity contribution in [2.24, 2.45) is 5.41 Å². The van der Waals surface area contributed by atoms with Gasteiger partial charge < -0.3 is 9.84 Å². The van der Waals surface area contributed by atoms with Crippen LogP contribution in [0.25, 0.3) is 0 Å². The molecule has 1 unspecified atom stereocenters. The molecule has 172 valence electrons. The second-order valence-corrected chi connectivity index (χ2v) is 10.4. The molecule has 2 aromatic rings. The molecule has 2 heterocycles. The van der Waals surface area contributed by atoms with Crippen molar-refractivity contribution in [3.63, 3.8) is 0 Å². The van der Waals surface area contributed by atoms with Crippen LogP contribution >= 0.6 is 0 Å². The van der Waals surface area contributed by atoms with Crippen molar-refractivity contribution in [2.45, 2.75) is 89.7 Å². The lowest BCUT2D eigenvalue weighted by molar-refractivity contribution is -0.137. The number of benzene rings is 1. The largest absolute Gasteiger partial charge is 0.416 e. The number of nitrogens with zero attached hydrogens (tertiary/aromatic N) is 1. The molecule has 1 spiro atoms. The zero-order chi connectivity index (χ0) is 22.9. The number of ether oxygens (including phenoxy) is 1. The summed E-state index contributed by atoms with van der Waals surface area (Å²) < 4.78 is 46.1. The van der Waals surface area contributed by atoms with Crippen molar-refractivity contribution in [1.29, 1.82) is 0 Å². The summed E-state index contributed by atoms with van der Waals surface area (Å²) >= 11 is 0. The normalized spacial score (nSPS) is 25.7. The summed E-state index contributed by atoms with van der Waals surface area (Å²) in [5.41, 5.74) is 4.43. The molecule has 1 N–H and O–H groups in total. The van der Waals surface area contributed by atoms with Gasteiger partial charge in [-0.1, -0.05) is 45.7 Å². The lowest BCUT2D eigenvalue weighted by atomic mass is 9.71. The Bertz CT molecular complexity index is 1040. The number of hydrogen-bond donors (Lipinski definition) is 1. The molecule has 3 aliphatic rings. The highest BCUT2D eigenvalue weighted by Crippen LogP contribution is 2.59. The van der Waals surface area contributed by atoms with Gasteiger partial charge in [-0.05, 0) is 60.8 Å². The second-order valence-electron chi connectivity index (χ2n) is 10.4. The summed E-state index contributed by atoms with van der Waals surface area (Å²) in [6.07, 6.45) is 0.572. The number of aliphatic hydroxyl groups excluding tert-OH is 1. The number of halogens is 3. The highest BCUT2D eigenvalue weighted by Gasteiger charge is 2.52. The third-order valence-corrected chi connectivity index (χ3v) is 7.50. The van der Waals surface area contributed by atoms with E-state index in [2.05, 4.69) is 20.8 Å². The lowest BCUT2D eigenvalue weighted by Crippen LogP contribution is -2.31. The molecule has 1 fully saturated rings. The van der Waals surface area contributed by atoms with Crippen molar-refractivity contribution in [2.75, 3.05) is 0 Å². The fourth-order valence-electron chi connectivity index (χ4n) is 6.14. The minimum absolute atomic E-state index is 0.0339. The van der Waals surface area contributed by atoms with Crippen molar-refractivity contribution < 1.29 is 23.0 Å². The number of aromatic nitrogens is 1. The number of aryl methyl sites for hydroxylation is 1. The maximum atomic E-state index is 13.1. The zero-order valence-corrected chi connectivity index (χ0v) is 18.9. The first-order valence-corrected chi connectivity index (χ1v) is 11.6. The first kappa shape index (κ1) is 21.9. The predicted octanol–water partition coefficient (Wildman–Crippen LogP) is 6.56. The van der Waals surface area contributed by atoms with E-state index in [1.165, 1.54) is 12.1 Å². The molecule has 0 bridgehead atoms. The van der Waals surface area contributed by atoms with E-state index in [0.717, 1.165) is 72.3 Å². The number of fused-ring (bicyclic) bond motifs is 4. The van der Waals surface area contributed by atoms with Gasteiger partial charge in [-0.3, -0.25) is 4.98 Å². The maximum absolute atomic E-state index is 13.1. The van der Waals surface area contributed by atoms with Gasteiger partial charge in [0, 0.05) is 22.5 Å². The minimum atomic E-state index is -4.37. The van der Waals surface area contributed by atoms with Crippen LogP contribution in [0.2, 0.25) is 0 Å². The quantitative estimate of drug-likeness (QED) is 0.569. The van der Waals surface area contributed by atoms with Gasteiger partial charge in [0.2, 0.25) is 0 Å². The summed E-state index contributed by atoms with van der Waals surface area (Å²) in [6.45, 7) is 6.38. The van der Waals surface area contributed by atoms with Crippen LogP contribution in [0.3, 0.4) is 0 Å². The van der Waals surface area contributed by atoms with E-state index >= 15 is 0 Å². The first-order valence-electron chi connectivity index (χ1n) is 11.6. The van der Waals surface area contributed by atoms with E-state index in [9.17, 15) is 18.3 Å². The topological polar surface area (TPSA) is 42.4 Å². The van der Waals surface area contributed by atoms with Crippen LogP contribution in [-0.2, 0) is 29.4 Å². The average Bonchev–Trinajstić information content (AvgIpc) is 3.31. The molecule has 2 atom stereocenters. The van der Waals surface area contributed by atoms with E-state index in [4.69, 9.17) is 9.72 Å². The summed E-state index contributed by atoms with van der Waals surface area (Å²) in [5.74, 6) is 0. The third kappa shape index (κ3) is 3.38. The molecule has 2 aliphatic carbocycles. The Labute approximate surface area is 187 Å². The fraction of sp³-hybridized carbons (Fsp3) is 0.577. The number of alkyl halides is 3. The molecule has 0 amide bonds. The number of hydrogen-bond acceptors (Lipinski definition) is 3. The SMILES string of the molecule is CCc1nc2c(c3c1[C@@H](c1ccc(C(F)(F)F)cc1)OC31CCCC1)C(O)CC(C)(C)C2. The Balaban J connectivity index is 1.70. The Morgan fingerprint density at radius 2 is 1.75 bits per heavy atom. The van der Waals surface area contributed by atoms with Crippen LogP contribution in [-0.4, -0.2) is 10.1 Å².